The first-order valence-corrected chi connectivity index (χ1v) is 11.9. The van der Waals surface area contributed by atoms with Gasteiger partial charge in [-0.25, -0.2) is 0 Å². The SMILES string of the molecule is CCOC(=O)C1CCN(C(=O)c2cc(-c3ccccc3)n(-c3ccc(OC)cc3OC)c2C)CC1. The lowest BCUT2D eigenvalue weighted by atomic mass is 9.96. The van der Waals surface area contributed by atoms with Crippen molar-refractivity contribution < 1.29 is 23.8 Å². The maximum atomic E-state index is 13.7. The molecule has 0 aliphatic carbocycles. The third-order valence-electron chi connectivity index (χ3n) is 6.58. The molecular formula is C28H32N2O5. The number of nitrogens with zero attached hydrogens (tertiary/aromatic N) is 2. The van der Waals surface area contributed by atoms with Crippen LogP contribution in [-0.4, -0.2) is 55.3 Å². The molecule has 0 saturated carbocycles. The van der Waals surface area contributed by atoms with Gasteiger partial charge in [0.1, 0.15) is 11.5 Å². The molecule has 2 aromatic carbocycles. The van der Waals surface area contributed by atoms with Crippen LogP contribution in [0.4, 0.5) is 0 Å². The van der Waals surface area contributed by atoms with Crippen LogP contribution >= 0.6 is 0 Å². The molecule has 0 atom stereocenters. The molecule has 1 amide bonds. The van der Waals surface area contributed by atoms with Crippen molar-refractivity contribution in [3.05, 3.63) is 65.9 Å². The Morgan fingerprint density at radius 3 is 2.31 bits per heavy atom. The molecule has 0 N–H and O–H groups in total. The fraction of sp³-hybridized carbons (Fsp3) is 0.357. The number of piperidine rings is 1. The molecule has 7 heteroatoms. The maximum Gasteiger partial charge on any atom is 0.309 e. The summed E-state index contributed by atoms with van der Waals surface area (Å²) in [5.41, 5.74) is 4.18. The Bertz CT molecular complexity index is 1190. The smallest absolute Gasteiger partial charge is 0.309 e. The summed E-state index contributed by atoms with van der Waals surface area (Å²) in [7, 11) is 3.24. The van der Waals surface area contributed by atoms with Crippen LogP contribution in [0.2, 0.25) is 0 Å². The van der Waals surface area contributed by atoms with Crippen LogP contribution in [0.15, 0.2) is 54.6 Å². The van der Waals surface area contributed by atoms with E-state index in [0.717, 1.165) is 22.6 Å². The van der Waals surface area contributed by atoms with Crippen molar-refractivity contribution in [1.82, 2.24) is 9.47 Å². The van der Waals surface area contributed by atoms with Gasteiger partial charge in [-0.2, -0.15) is 0 Å². The fourth-order valence-corrected chi connectivity index (χ4v) is 4.67. The van der Waals surface area contributed by atoms with Crippen molar-refractivity contribution in [2.75, 3.05) is 33.9 Å². The molecule has 2 heterocycles. The minimum Gasteiger partial charge on any atom is -0.497 e. The Morgan fingerprint density at radius 1 is 0.971 bits per heavy atom. The van der Waals surface area contributed by atoms with Crippen molar-refractivity contribution >= 4 is 11.9 Å². The number of methoxy groups -OCH3 is 2. The monoisotopic (exact) mass is 476 g/mol. The highest BCUT2D eigenvalue weighted by atomic mass is 16.5. The molecule has 0 unspecified atom stereocenters. The summed E-state index contributed by atoms with van der Waals surface area (Å²) in [4.78, 5) is 27.6. The van der Waals surface area contributed by atoms with Gasteiger partial charge in [-0.3, -0.25) is 9.59 Å². The van der Waals surface area contributed by atoms with Gasteiger partial charge in [0.15, 0.2) is 0 Å². The standard InChI is InChI=1S/C28H32N2O5/c1-5-35-28(32)21-13-15-29(16-14-21)27(31)23-18-25(20-9-7-6-8-10-20)30(19(23)2)24-12-11-22(33-3)17-26(24)34-4/h6-12,17-18,21H,5,13-16H2,1-4H3. The Balaban J connectivity index is 1.72. The lowest BCUT2D eigenvalue weighted by Gasteiger charge is -2.31. The number of carbonyl (C=O) groups excluding carboxylic acids is 2. The quantitative estimate of drug-likeness (QED) is 0.455. The van der Waals surface area contributed by atoms with E-state index in [0.29, 0.717) is 49.6 Å². The first-order chi connectivity index (χ1) is 17.0. The highest BCUT2D eigenvalue weighted by Crippen LogP contribution is 2.36. The van der Waals surface area contributed by atoms with Gasteiger partial charge in [-0.15, -0.1) is 0 Å². The Hall–Kier alpha value is -3.74. The summed E-state index contributed by atoms with van der Waals surface area (Å²) in [6, 6.07) is 17.6. The number of hydrogen-bond acceptors (Lipinski definition) is 5. The second-order valence-electron chi connectivity index (χ2n) is 8.59. The number of aromatic nitrogens is 1. The maximum absolute atomic E-state index is 13.7. The molecule has 0 bridgehead atoms. The van der Waals surface area contributed by atoms with Crippen molar-refractivity contribution in [1.29, 1.82) is 0 Å². The minimum atomic E-state index is -0.167. The molecule has 1 aliphatic rings. The zero-order valence-corrected chi connectivity index (χ0v) is 20.7. The largest absolute Gasteiger partial charge is 0.497 e. The predicted molar refractivity (Wildman–Crippen MR) is 134 cm³/mol. The number of esters is 1. The Kier molecular flexibility index (Phi) is 7.44. The van der Waals surface area contributed by atoms with E-state index in [1.807, 2.05) is 73.3 Å². The molecule has 3 aromatic rings. The third kappa shape index (κ3) is 4.90. The summed E-state index contributed by atoms with van der Waals surface area (Å²) in [5, 5.41) is 0. The zero-order chi connectivity index (χ0) is 24.9. The lowest BCUT2D eigenvalue weighted by molar-refractivity contribution is -0.149. The fourth-order valence-electron chi connectivity index (χ4n) is 4.67. The molecule has 184 valence electrons. The van der Waals surface area contributed by atoms with Gasteiger partial charge >= 0.3 is 5.97 Å². The van der Waals surface area contributed by atoms with Gasteiger partial charge in [0, 0.05) is 24.8 Å². The van der Waals surface area contributed by atoms with Crippen molar-refractivity contribution in [3.8, 4) is 28.4 Å². The van der Waals surface area contributed by atoms with E-state index in [9.17, 15) is 9.59 Å². The predicted octanol–water partition coefficient (Wildman–Crippen LogP) is 4.89. The van der Waals surface area contributed by atoms with E-state index in [4.69, 9.17) is 14.2 Å². The number of amides is 1. The van der Waals surface area contributed by atoms with E-state index >= 15 is 0 Å². The summed E-state index contributed by atoms with van der Waals surface area (Å²) in [5.74, 6) is 0.994. The normalized spacial score (nSPS) is 14.0. The van der Waals surface area contributed by atoms with Crippen LogP contribution in [0.1, 0.15) is 35.8 Å². The van der Waals surface area contributed by atoms with Crippen LogP contribution in [0.5, 0.6) is 11.5 Å². The van der Waals surface area contributed by atoms with Crippen LogP contribution in [0, 0.1) is 12.8 Å². The average molecular weight is 477 g/mol. The number of carbonyl (C=O) groups is 2. The molecule has 0 radical (unpaired) electrons. The second kappa shape index (κ2) is 10.7. The van der Waals surface area contributed by atoms with Gasteiger partial charge in [0.25, 0.3) is 5.91 Å². The van der Waals surface area contributed by atoms with Crippen LogP contribution in [0.25, 0.3) is 16.9 Å². The van der Waals surface area contributed by atoms with E-state index in [2.05, 4.69) is 4.57 Å². The minimum absolute atomic E-state index is 0.0341. The number of rotatable bonds is 7. The Morgan fingerprint density at radius 2 is 1.69 bits per heavy atom. The van der Waals surface area contributed by atoms with Gasteiger partial charge < -0.3 is 23.7 Å². The van der Waals surface area contributed by atoms with E-state index in [-0.39, 0.29) is 17.8 Å². The first-order valence-electron chi connectivity index (χ1n) is 11.9. The number of likely N-dealkylation sites (tertiary alicyclic amines) is 1. The highest BCUT2D eigenvalue weighted by Gasteiger charge is 2.31. The van der Waals surface area contributed by atoms with Crippen molar-refractivity contribution in [2.45, 2.75) is 26.7 Å². The Labute approximate surface area is 206 Å². The molecule has 1 fully saturated rings. The van der Waals surface area contributed by atoms with E-state index < -0.39 is 0 Å². The van der Waals surface area contributed by atoms with Crippen molar-refractivity contribution in [2.24, 2.45) is 5.92 Å². The topological polar surface area (TPSA) is 70.0 Å². The summed E-state index contributed by atoms with van der Waals surface area (Å²) in [6.45, 7) is 5.20. The van der Waals surface area contributed by atoms with Crippen LogP contribution in [-0.2, 0) is 9.53 Å². The highest BCUT2D eigenvalue weighted by molar-refractivity contribution is 5.97. The first kappa shape index (κ1) is 24.4. The summed E-state index contributed by atoms with van der Waals surface area (Å²) < 4.78 is 18.3. The molecule has 7 nitrogen and oxygen atoms in total. The number of hydrogen-bond donors (Lipinski definition) is 0. The number of benzene rings is 2. The summed E-state index contributed by atoms with van der Waals surface area (Å²) >= 11 is 0. The third-order valence-corrected chi connectivity index (χ3v) is 6.58. The van der Waals surface area contributed by atoms with Gasteiger partial charge in [-0.05, 0) is 50.5 Å². The molecular weight excluding hydrogens is 444 g/mol. The molecule has 1 aromatic heterocycles. The average Bonchev–Trinajstić information content (AvgIpc) is 3.25. The lowest BCUT2D eigenvalue weighted by Crippen LogP contribution is -2.40. The number of ether oxygens (including phenoxy) is 3. The van der Waals surface area contributed by atoms with E-state index in [1.54, 1.807) is 14.2 Å². The molecule has 1 saturated heterocycles. The van der Waals surface area contributed by atoms with Gasteiger partial charge in [0.2, 0.25) is 0 Å². The molecule has 0 spiro atoms. The summed E-state index contributed by atoms with van der Waals surface area (Å²) in [6.07, 6.45) is 1.23. The van der Waals surface area contributed by atoms with Gasteiger partial charge in [-0.1, -0.05) is 30.3 Å². The second-order valence-corrected chi connectivity index (χ2v) is 8.59. The molecule has 35 heavy (non-hydrogen) atoms. The molecule has 1 aliphatic heterocycles. The van der Waals surface area contributed by atoms with Gasteiger partial charge in [0.05, 0.1) is 43.7 Å². The zero-order valence-electron chi connectivity index (χ0n) is 20.7. The van der Waals surface area contributed by atoms with Crippen LogP contribution < -0.4 is 9.47 Å². The molecule has 4 rings (SSSR count). The van der Waals surface area contributed by atoms with E-state index in [1.165, 1.54) is 0 Å². The van der Waals surface area contributed by atoms with Crippen LogP contribution in [0.3, 0.4) is 0 Å². The van der Waals surface area contributed by atoms with Crippen molar-refractivity contribution in [3.63, 3.8) is 0 Å².